The van der Waals surface area contributed by atoms with Gasteiger partial charge >= 0.3 is 0 Å². The van der Waals surface area contributed by atoms with Crippen LogP contribution in [0.4, 0.5) is 5.69 Å². The second-order valence-electron chi connectivity index (χ2n) is 7.15. The van der Waals surface area contributed by atoms with Crippen molar-refractivity contribution in [2.75, 3.05) is 10.1 Å². The molecule has 0 radical (unpaired) electrons. The van der Waals surface area contributed by atoms with Crippen LogP contribution in [0, 0.1) is 6.92 Å². The van der Waals surface area contributed by atoms with Crippen LogP contribution in [0.25, 0.3) is 22.2 Å². The number of benzene rings is 2. The molecule has 2 N–H and O–H groups in total. The van der Waals surface area contributed by atoms with E-state index in [9.17, 15) is 22.8 Å². The first kappa shape index (κ1) is 22.0. The minimum atomic E-state index is -4.13. The smallest absolute Gasteiger partial charge is 0.280 e. The zero-order valence-corrected chi connectivity index (χ0v) is 18.3. The topological polar surface area (TPSA) is 140 Å². The summed E-state index contributed by atoms with van der Waals surface area (Å²) in [6.07, 6.45) is 0.569. The van der Waals surface area contributed by atoms with E-state index in [2.05, 4.69) is 15.1 Å². The van der Waals surface area contributed by atoms with Crippen molar-refractivity contribution in [1.82, 2.24) is 9.66 Å². The molecular formula is C22H18N4O6S. The number of carbonyl (C=O) groups excluding carboxylic acids is 2. The van der Waals surface area contributed by atoms with Crippen LogP contribution in [0.5, 0.6) is 0 Å². The van der Waals surface area contributed by atoms with Gasteiger partial charge < -0.3 is 9.73 Å². The van der Waals surface area contributed by atoms with E-state index >= 15 is 0 Å². The molecule has 0 spiro atoms. The van der Waals surface area contributed by atoms with Gasteiger partial charge in [-0.05, 0) is 61.5 Å². The van der Waals surface area contributed by atoms with Gasteiger partial charge in [0.15, 0.2) is 12.0 Å². The third-order valence-electron chi connectivity index (χ3n) is 4.76. The van der Waals surface area contributed by atoms with Crippen molar-refractivity contribution in [3.63, 3.8) is 0 Å². The minimum absolute atomic E-state index is 0.103. The molecule has 0 saturated heterocycles. The third-order valence-corrected chi connectivity index (χ3v) is 6.08. The molecule has 0 unspecified atom stereocenters. The van der Waals surface area contributed by atoms with E-state index in [4.69, 9.17) is 4.42 Å². The highest BCUT2D eigenvalue weighted by Gasteiger charge is 2.18. The number of nitrogens with zero attached hydrogens (tertiary/aromatic N) is 2. The maximum Gasteiger partial charge on any atom is 0.280 e. The number of carbonyl (C=O) groups is 2. The number of sulfonamides is 1. The van der Waals surface area contributed by atoms with Crippen LogP contribution in [0.3, 0.4) is 0 Å². The molecule has 2 aromatic carbocycles. The Morgan fingerprint density at radius 1 is 1.09 bits per heavy atom. The number of hydrogen-bond acceptors (Lipinski definition) is 7. The highest BCUT2D eigenvalue weighted by atomic mass is 32.2. The van der Waals surface area contributed by atoms with E-state index in [0.717, 1.165) is 4.68 Å². The van der Waals surface area contributed by atoms with Crippen molar-refractivity contribution >= 4 is 38.8 Å². The highest BCUT2D eigenvalue weighted by molar-refractivity contribution is 7.92. The maximum absolute atomic E-state index is 13.1. The van der Waals surface area contributed by atoms with E-state index in [0.29, 0.717) is 28.8 Å². The average Bonchev–Trinajstić information content (AvgIpc) is 3.26. The van der Waals surface area contributed by atoms with Crippen molar-refractivity contribution < 1.29 is 22.4 Å². The molecule has 2 aromatic heterocycles. The van der Waals surface area contributed by atoms with Gasteiger partial charge in [-0.1, -0.05) is 0 Å². The minimum Gasteiger partial charge on any atom is -0.453 e. The van der Waals surface area contributed by atoms with Gasteiger partial charge in [-0.25, -0.2) is 9.82 Å². The predicted octanol–water partition coefficient (Wildman–Crippen LogP) is 2.67. The van der Waals surface area contributed by atoms with Crippen LogP contribution in [-0.4, -0.2) is 30.3 Å². The number of aromatic nitrogens is 2. The predicted molar refractivity (Wildman–Crippen MR) is 121 cm³/mol. The van der Waals surface area contributed by atoms with Gasteiger partial charge in [-0.3, -0.25) is 14.4 Å². The van der Waals surface area contributed by atoms with E-state index in [1.54, 1.807) is 18.2 Å². The van der Waals surface area contributed by atoms with Crippen LogP contribution in [0.1, 0.15) is 23.3 Å². The molecule has 0 aliphatic carbocycles. The quantitative estimate of drug-likeness (QED) is 0.416. The first-order chi connectivity index (χ1) is 15.7. The Bertz CT molecular complexity index is 1550. The Morgan fingerprint density at radius 3 is 2.45 bits per heavy atom. The van der Waals surface area contributed by atoms with E-state index in [1.165, 1.54) is 50.2 Å². The molecule has 11 heteroatoms. The Kier molecular flexibility index (Phi) is 5.56. The number of furan rings is 1. The van der Waals surface area contributed by atoms with Crippen molar-refractivity contribution in [3.8, 4) is 11.3 Å². The number of fused-ring (bicyclic) bond motifs is 1. The van der Waals surface area contributed by atoms with Crippen LogP contribution in [-0.2, 0) is 14.8 Å². The molecule has 33 heavy (non-hydrogen) atoms. The maximum atomic E-state index is 13.1. The van der Waals surface area contributed by atoms with Crippen LogP contribution in [0.15, 0.2) is 68.7 Å². The largest absolute Gasteiger partial charge is 0.453 e. The van der Waals surface area contributed by atoms with Gasteiger partial charge in [0.1, 0.15) is 11.6 Å². The van der Waals surface area contributed by atoms with Gasteiger partial charge in [0, 0.05) is 18.2 Å². The van der Waals surface area contributed by atoms with Crippen LogP contribution >= 0.6 is 0 Å². The summed E-state index contributed by atoms with van der Waals surface area (Å²) in [4.78, 5) is 41.6. The van der Waals surface area contributed by atoms with E-state index in [1.807, 2.05) is 0 Å². The number of aryl methyl sites for hydroxylation is 1. The third kappa shape index (κ3) is 4.39. The molecule has 0 atom stereocenters. The number of hydrogen-bond donors (Lipinski definition) is 2. The Hall–Kier alpha value is -4.25. The lowest BCUT2D eigenvalue weighted by Crippen LogP contribution is -2.35. The molecule has 0 aliphatic heterocycles. The Morgan fingerprint density at radius 2 is 1.82 bits per heavy atom. The highest BCUT2D eigenvalue weighted by Crippen LogP contribution is 2.24. The van der Waals surface area contributed by atoms with E-state index in [-0.39, 0.29) is 27.8 Å². The number of aldehydes is 1. The molecule has 0 saturated carbocycles. The normalized spacial score (nSPS) is 11.3. The summed E-state index contributed by atoms with van der Waals surface area (Å²) in [6.45, 7) is 2.84. The molecular weight excluding hydrogens is 448 g/mol. The van der Waals surface area contributed by atoms with Gasteiger partial charge in [0.05, 0.1) is 15.8 Å². The number of nitrogens with one attached hydrogen (secondary N) is 2. The molecule has 4 aromatic rings. The summed E-state index contributed by atoms with van der Waals surface area (Å²) in [6, 6.07) is 13.4. The summed E-state index contributed by atoms with van der Waals surface area (Å²) in [5.74, 6) is 0.372. The second kappa shape index (κ2) is 8.36. The summed E-state index contributed by atoms with van der Waals surface area (Å²) < 4.78 is 32.0. The standard InChI is InChI=1S/C22H18N4O6S/c1-13-23-20-9-3-15(21-10-6-17(12-27)32-21)11-19(20)22(29)26(13)25-33(30,31)18-7-4-16(5-8-18)24-14(2)28/h3-12,25H,1-2H3,(H,24,28). The summed E-state index contributed by atoms with van der Waals surface area (Å²) in [7, 11) is -4.13. The van der Waals surface area contributed by atoms with Crippen LogP contribution < -0.4 is 15.7 Å². The van der Waals surface area contributed by atoms with Crippen LogP contribution in [0.2, 0.25) is 0 Å². The lowest BCUT2D eigenvalue weighted by Gasteiger charge is -2.14. The van der Waals surface area contributed by atoms with E-state index < -0.39 is 15.6 Å². The Labute approximate surface area is 187 Å². The first-order valence-corrected chi connectivity index (χ1v) is 11.2. The fourth-order valence-electron chi connectivity index (χ4n) is 3.22. The van der Waals surface area contributed by atoms with Gasteiger partial charge in [-0.15, -0.1) is 0 Å². The van der Waals surface area contributed by atoms with Crippen molar-refractivity contribution in [3.05, 3.63) is 76.5 Å². The zero-order chi connectivity index (χ0) is 23.8. The molecule has 0 fully saturated rings. The molecule has 10 nitrogen and oxygen atoms in total. The fourth-order valence-corrected chi connectivity index (χ4v) is 4.28. The lowest BCUT2D eigenvalue weighted by molar-refractivity contribution is -0.114. The summed E-state index contributed by atoms with van der Waals surface area (Å²) in [5, 5.41) is 2.71. The molecule has 0 aliphatic rings. The van der Waals surface area contributed by atoms with Gasteiger partial charge in [0.2, 0.25) is 5.91 Å². The zero-order valence-electron chi connectivity index (χ0n) is 17.5. The molecule has 168 valence electrons. The summed E-state index contributed by atoms with van der Waals surface area (Å²) in [5.41, 5.74) is 0.713. The van der Waals surface area contributed by atoms with Gasteiger partial charge in [-0.2, -0.15) is 13.1 Å². The number of amides is 1. The fraction of sp³-hybridized carbons (Fsp3) is 0.0909. The number of anilines is 1. The molecule has 4 rings (SSSR count). The van der Waals surface area contributed by atoms with Crippen molar-refractivity contribution in [2.24, 2.45) is 0 Å². The summed E-state index contributed by atoms with van der Waals surface area (Å²) >= 11 is 0. The first-order valence-electron chi connectivity index (χ1n) is 9.67. The SMILES string of the molecule is CC(=O)Nc1ccc(S(=O)(=O)Nn2c(C)nc3ccc(-c4ccc(C=O)o4)cc3c2=O)cc1. The van der Waals surface area contributed by atoms with Crippen molar-refractivity contribution in [2.45, 2.75) is 18.7 Å². The van der Waals surface area contributed by atoms with Gasteiger partial charge in [0.25, 0.3) is 15.6 Å². The average molecular weight is 466 g/mol. The molecule has 2 heterocycles. The second-order valence-corrected chi connectivity index (χ2v) is 8.81. The Balaban J connectivity index is 1.73. The van der Waals surface area contributed by atoms with Crippen molar-refractivity contribution in [1.29, 1.82) is 0 Å². The molecule has 0 bridgehead atoms. The number of rotatable bonds is 6. The lowest BCUT2D eigenvalue weighted by atomic mass is 10.1. The monoisotopic (exact) mass is 466 g/mol. The molecule has 1 amide bonds.